The highest BCUT2D eigenvalue weighted by atomic mass is 16.1. The monoisotopic (exact) mass is 447 g/mol. The lowest BCUT2D eigenvalue weighted by Crippen LogP contribution is -2.21. The van der Waals surface area contributed by atoms with Crippen LogP contribution in [0.25, 0.3) is 38.8 Å². The Morgan fingerprint density at radius 1 is 0.941 bits per heavy atom. The Morgan fingerprint density at radius 2 is 1.68 bits per heavy atom. The van der Waals surface area contributed by atoms with Gasteiger partial charge in [0.05, 0.1) is 39.9 Å². The Hall–Kier alpha value is -4.24. The lowest BCUT2D eigenvalue weighted by molar-refractivity contribution is 0.686. The predicted molar refractivity (Wildman–Crippen MR) is 135 cm³/mol. The number of aromatic nitrogens is 4. The van der Waals surface area contributed by atoms with Crippen molar-refractivity contribution in [3.05, 3.63) is 88.2 Å². The fourth-order valence-electron chi connectivity index (χ4n) is 4.31. The molecule has 0 unspecified atom stereocenters. The number of pyridine rings is 2. The smallest absolute Gasteiger partial charge is 0.293 e. The maximum Gasteiger partial charge on any atom is 0.333 e. The Labute approximate surface area is 197 Å². The van der Waals surface area contributed by atoms with Crippen molar-refractivity contribution in [2.45, 2.75) is 33.1 Å². The highest BCUT2D eigenvalue weighted by Gasteiger charge is 2.21. The van der Waals surface area contributed by atoms with Crippen molar-refractivity contribution in [2.24, 2.45) is 7.05 Å². The zero-order valence-corrected chi connectivity index (χ0v) is 19.9. The third kappa shape index (κ3) is 3.29. The van der Waals surface area contributed by atoms with Gasteiger partial charge >= 0.3 is 5.69 Å². The highest BCUT2D eigenvalue weighted by Crippen LogP contribution is 2.31. The van der Waals surface area contributed by atoms with Crippen LogP contribution in [-0.2, 0) is 12.5 Å². The molecule has 0 radical (unpaired) electrons. The number of fused-ring (bicyclic) bond motifs is 3. The molecule has 2 aromatic carbocycles. The van der Waals surface area contributed by atoms with Gasteiger partial charge in [-0.05, 0) is 74.7 Å². The fraction of sp³-hybridized carbons (Fsp3) is 0.214. The summed E-state index contributed by atoms with van der Waals surface area (Å²) in [5.41, 5.74) is 7.47. The van der Waals surface area contributed by atoms with Gasteiger partial charge in [-0.2, -0.15) is 5.26 Å². The van der Waals surface area contributed by atoms with Crippen LogP contribution in [0, 0.1) is 25.2 Å². The summed E-state index contributed by atoms with van der Waals surface area (Å²) in [6.45, 7) is 7.82. The van der Waals surface area contributed by atoms with Crippen LogP contribution < -0.4 is 5.69 Å². The average molecular weight is 448 g/mol. The average Bonchev–Trinajstić information content (AvgIpc) is 3.11. The Bertz CT molecular complexity index is 1680. The van der Waals surface area contributed by atoms with Gasteiger partial charge in [-0.15, -0.1) is 0 Å². The second kappa shape index (κ2) is 7.67. The molecule has 5 aromatic rings. The van der Waals surface area contributed by atoms with Gasteiger partial charge < -0.3 is 0 Å². The molecule has 0 aliphatic carbocycles. The van der Waals surface area contributed by atoms with Crippen molar-refractivity contribution in [1.29, 1.82) is 5.26 Å². The van der Waals surface area contributed by atoms with E-state index in [-0.39, 0.29) is 5.69 Å². The van der Waals surface area contributed by atoms with E-state index in [1.54, 1.807) is 22.4 Å². The summed E-state index contributed by atoms with van der Waals surface area (Å²) in [6, 6.07) is 18.2. The van der Waals surface area contributed by atoms with E-state index in [0.29, 0.717) is 0 Å². The Morgan fingerprint density at radius 3 is 2.35 bits per heavy atom. The number of rotatable bonds is 3. The van der Waals surface area contributed by atoms with Gasteiger partial charge in [-0.25, -0.2) is 4.79 Å². The third-order valence-electron chi connectivity index (χ3n) is 6.68. The molecular weight excluding hydrogens is 422 g/mol. The molecule has 0 aliphatic rings. The number of nitriles is 1. The van der Waals surface area contributed by atoms with E-state index in [9.17, 15) is 10.1 Å². The number of imidazole rings is 1. The van der Waals surface area contributed by atoms with Crippen LogP contribution in [-0.4, -0.2) is 19.1 Å². The second-order valence-corrected chi connectivity index (χ2v) is 9.31. The predicted octanol–water partition coefficient (Wildman–Crippen LogP) is 5.36. The molecule has 0 N–H and O–H groups in total. The van der Waals surface area contributed by atoms with Gasteiger partial charge in [0.15, 0.2) is 0 Å². The third-order valence-corrected chi connectivity index (χ3v) is 6.68. The summed E-state index contributed by atoms with van der Waals surface area (Å²) in [4.78, 5) is 22.5. The Kier molecular flexibility index (Phi) is 4.87. The first-order valence-corrected chi connectivity index (χ1v) is 11.2. The largest absolute Gasteiger partial charge is 0.333 e. The molecule has 0 aliphatic heterocycles. The SMILES string of the molecule is Cc1cc(-c2ccc3ncc4c(c3c2)n(-c2ccc(C(C)(C)C#N)cc2)c(=O)n4C)cnc1C. The molecule has 0 saturated carbocycles. The zero-order valence-electron chi connectivity index (χ0n) is 19.9. The minimum atomic E-state index is -0.603. The van der Waals surface area contributed by atoms with E-state index < -0.39 is 5.41 Å². The van der Waals surface area contributed by atoms with E-state index >= 15 is 0 Å². The number of hydrogen-bond acceptors (Lipinski definition) is 4. The number of hydrogen-bond donors (Lipinski definition) is 0. The molecular formula is C28H25N5O. The fourth-order valence-corrected chi connectivity index (χ4v) is 4.31. The van der Waals surface area contributed by atoms with E-state index in [1.807, 2.05) is 63.4 Å². The van der Waals surface area contributed by atoms with Gasteiger partial charge in [-0.1, -0.05) is 18.2 Å². The van der Waals surface area contributed by atoms with Crippen LogP contribution in [0.3, 0.4) is 0 Å². The first kappa shape index (κ1) is 21.6. The molecule has 3 heterocycles. The van der Waals surface area contributed by atoms with Gasteiger partial charge in [-0.3, -0.25) is 19.1 Å². The van der Waals surface area contributed by atoms with Gasteiger partial charge in [0.25, 0.3) is 0 Å². The first-order valence-electron chi connectivity index (χ1n) is 11.2. The topological polar surface area (TPSA) is 76.5 Å². The van der Waals surface area contributed by atoms with Gasteiger partial charge in [0.1, 0.15) is 0 Å². The van der Waals surface area contributed by atoms with Crippen LogP contribution >= 0.6 is 0 Å². The maximum absolute atomic E-state index is 13.3. The van der Waals surface area contributed by atoms with E-state index in [2.05, 4.69) is 35.1 Å². The van der Waals surface area contributed by atoms with Crippen molar-refractivity contribution in [1.82, 2.24) is 19.1 Å². The van der Waals surface area contributed by atoms with Crippen LogP contribution in [0.5, 0.6) is 0 Å². The van der Waals surface area contributed by atoms with Crippen molar-refractivity contribution in [2.75, 3.05) is 0 Å². The zero-order chi connectivity index (χ0) is 24.2. The quantitative estimate of drug-likeness (QED) is 0.373. The van der Waals surface area contributed by atoms with Crippen LogP contribution in [0.15, 0.2) is 65.7 Å². The molecule has 34 heavy (non-hydrogen) atoms. The number of nitrogens with zero attached hydrogens (tertiary/aromatic N) is 5. The summed E-state index contributed by atoms with van der Waals surface area (Å²) in [7, 11) is 1.76. The highest BCUT2D eigenvalue weighted by molar-refractivity contribution is 6.04. The van der Waals surface area contributed by atoms with Crippen molar-refractivity contribution in [3.8, 4) is 22.9 Å². The molecule has 0 bridgehead atoms. The standard InChI is InChI=1S/C28H25N5O/c1-17-12-20(14-30-18(17)2)19-6-11-24-23(13-19)26-25(15-31-24)32(5)27(34)33(26)22-9-7-21(8-10-22)28(3,4)16-29/h6-15H,1-5H3. The minimum Gasteiger partial charge on any atom is -0.293 e. The lowest BCUT2D eigenvalue weighted by atomic mass is 9.86. The van der Waals surface area contributed by atoms with Crippen LogP contribution in [0.4, 0.5) is 0 Å². The summed E-state index contributed by atoms with van der Waals surface area (Å²) in [5, 5.41) is 10.4. The van der Waals surface area contributed by atoms with Crippen molar-refractivity contribution >= 4 is 21.9 Å². The molecule has 3 aromatic heterocycles. The normalized spacial score (nSPS) is 11.8. The lowest BCUT2D eigenvalue weighted by Gasteiger charge is -2.16. The van der Waals surface area contributed by atoms with Gasteiger partial charge in [0, 0.05) is 29.9 Å². The second-order valence-electron chi connectivity index (χ2n) is 9.31. The summed E-state index contributed by atoms with van der Waals surface area (Å²) < 4.78 is 3.35. The summed E-state index contributed by atoms with van der Waals surface area (Å²) in [6.07, 6.45) is 3.63. The number of benzene rings is 2. The molecule has 0 fully saturated rings. The molecule has 168 valence electrons. The van der Waals surface area contributed by atoms with E-state index in [4.69, 9.17) is 0 Å². The molecule has 0 spiro atoms. The molecule has 6 heteroatoms. The summed E-state index contributed by atoms with van der Waals surface area (Å²) >= 11 is 0. The van der Waals surface area contributed by atoms with E-state index in [0.717, 1.165) is 55.6 Å². The van der Waals surface area contributed by atoms with E-state index in [1.165, 1.54) is 0 Å². The number of aryl methyl sites for hydroxylation is 3. The molecule has 6 nitrogen and oxygen atoms in total. The van der Waals surface area contributed by atoms with Crippen molar-refractivity contribution in [3.63, 3.8) is 0 Å². The van der Waals surface area contributed by atoms with Crippen LogP contribution in [0.1, 0.15) is 30.7 Å². The van der Waals surface area contributed by atoms with Crippen molar-refractivity contribution < 1.29 is 0 Å². The molecule has 0 atom stereocenters. The summed E-state index contributed by atoms with van der Waals surface area (Å²) in [5.74, 6) is 0. The molecule has 5 rings (SSSR count). The van der Waals surface area contributed by atoms with Gasteiger partial charge in [0.2, 0.25) is 0 Å². The molecule has 0 amide bonds. The van der Waals surface area contributed by atoms with Crippen LogP contribution in [0.2, 0.25) is 0 Å². The maximum atomic E-state index is 13.3. The Balaban J connectivity index is 1.78. The first-order chi connectivity index (χ1) is 16.2. The molecule has 0 saturated heterocycles. The minimum absolute atomic E-state index is 0.144.